The van der Waals surface area contributed by atoms with Crippen LogP contribution in [0.15, 0.2) is 0 Å². The number of hydrogen-bond acceptors (Lipinski definition) is 3. The van der Waals surface area contributed by atoms with Crippen LogP contribution in [0.1, 0.15) is 47.5 Å². The zero-order chi connectivity index (χ0) is 12.7. The molecule has 2 aliphatic rings. The van der Waals surface area contributed by atoms with Crippen LogP contribution >= 0.6 is 0 Å². The monoisotopic (exact) mass is 240 g/mol. The second kappa shape index (κ2) is 4.52. The van der Waals surface area contributed by atoms with Crippen LogP contribution in [0.25, 0.3) is 0 Å². The molecular weight excluding hydrogens is 212 g/mol. The zero-order valence-corrected chi connectivity index (χ0v) is 12.0. The Hall–Kier alpha value is -0.120. The van der Waals surface area contributed by atoms with Gasteiger partial charge in [0.2, 0.25) is 0 Å². The molecule has 2 rings (SSSR count). The molecule has 0 bridgehead atoms. The van der Waals surface area contributed by atoms with E-state index in [0.717, 1.165) is 19.5 Å². The fourth-order valence-electron chi connectivity index (χ4n) is 3.71. The van der Waals surface area contributed by atoms with Gasteiger partial charge in [0.05, 0.1) is 11.2 Å². The molecule has 0 aromatic heterocycles. The van der Waals surface area contributed by atoms with Gasteiger partial charge in [-0.2, -0.15) is 0 Å². The Morgan fingerprint density at radius 1 is 1.29 bits per heavy atom. The third kappa shape index (κ3) is 2.67. The van der Waals surface area contributed by atoms with Crippen molar-refractivity contribution in [1.82, 2.24) is 10.2 Å². The summed E-state index contributed by atoms with van der Waals surface area (Å²) in [4.78, 5) is 2.66. The van der Waals surface area contributed by atoms with Crippen molar-refractivity contribution < 1.29 is 4.74 Å². The van der Waals surface area contributed by atoms with Crippen LogP contribution in [0.3, 0.4) is 0 Å². The summed E-state index contributed by atoms with van der Waals surface area (Å²) in [5.74, 6) is 0. The van der Waals surface area contributed by atoms with Gasteiger partial charge in [0, 0.05) is 18.6 Å². The van der Waals surface area contributed by atoms with E-state index < -0.39 is 0 Å². The normalized spacial score (nSPS) is 35.6. The highest BCUT2D eigenvalue weighted by Crippen LogP contribution is 2.41. The first-order valence-corrected chi connectivity index (χ1v) is 7.02. The van der Waals surface area contributed by atoms with Crippen LogP contribution in [-0.4, -0.2) is 47.8 Å². The predicted molar refractivity (Wildman–Crippen MR) is 71.3 cm³/mol. The van der Waals surface area contributed by atoms with Crippen LogP contribution in [0.4, 0.5) is 0 Å². The maximum Gasteiger partial charge on any atom is 0.0789 e. The third-order valence-electron chi connectivity index (χ3n) is 4.30. The largest absolute Gasteiger partial charge is 0.368 e. The molecule has 0 aliphatic carbocycles. The molecule has 3 heteroatoms. The van der Waals surface area contributed by atoms with Gasteiger partial charge in [0.1, 0.15) is 0 Å². The summed E-state index contributed by atoms with van der Waals surface area (Å²) in [6.45, 7) is 14.6. The molecule has 2 atom stereocenters. The quantitative estimate of drug-likeness (QED) is 0.817. The minimum Gasteiger partial charge on any atom is -0.368 e. The third-order valence-corrected chi connectivity index (χ3v) is 4.30. The molecule has 0 aromatic carbocycles. The lowest BCUT2D eigenvalue weighted by atomic mass is 9.91. The second-order valence-electron chi connectivity index (χ2n) is 6.66. The standard InChI is InChI=1S/C14H28N2O/c1-6-16(11-7-8-15-10-11)12-9-13(2,3)17-14(12,4)5/h11-12,15H,6-10H2,1-5H3. The van der Waals surface area contributed by atoms with E-state index in [9.17, 15) is 0 Å². The summed E-state index contributed by atoms with van der Waals surface area (Å²) in [7, 11) is 0. The molecule has 17 heavy (non-hydrogen) atoms. The fourth-order valence-corrected chi connectivity index (χ4v) is 3.71. The summed E-state index contributed by atoms with van der Waals surface area (Å²) in [5, 5.41) is 3.48. The van der Waals surface area contributed by atoms with Gasteiger partial charge in [0.25, 0.3) is 0 Å². The smallest absolute Gasteiger partial charge is 0.0789 e. The molecule has 0 spiro atoms. The molecule has 0 saturated carbocycles. The van der Waals surface area contributed by atoms with Gasteiger partial charge in [0.15, 0.2) is 0 Å². The number of likely N-dealkylation sites (N-methyl/N-ethyl adjacent to an activating group) is 1. The van der Waals surface area contributed by atoms with E-state index in [-0.39, 0.29) is 11.2 Å². The van der Waals surface area contributed by atoms with Gasteiger partial charge in [-0.15, -0.1) is 0 Å². The number of rotatable bonds is 3. The molecule has 2 fully saturated rings. The highest BCUT2D eigenvalue weighted by atomic mass is 16.5. The van der Waals surface area contributed by atoms with Crippen LogP contribution in [0.2, 0.25) is 0 Å². The summed E-state index contributed by atoms with van der Waals surface area (Å²) in [6, 6.07) is 1.24. The second-order valence-corrected chi connectivity index (χ2v) is 6.66. The van der Waals surface area contributed by atoms with Gasteiger partial charge >= 0.3 is 0 Å². The van der Waals surface area contributed by atoms with Crippen molar-refractivity contribution in [2.24, 2.45) is 0 Å². The van der Waals surface area contributed by atoms with Crippen molar-refractivity contribution in [2.45, 2.75) is 70.7 Å². The van der Waals surface area contributed by atoms with Crippen LogP contribution in [0.5, 0.6) is 0 Å². The summed E-state index contributed by atoms with van der Waals surface area (Å²) in [6.07, 6.45) is 2.42. The zero-order valence-electron chi connectivity index (χ0n) is 12.0. The topological polar surface area (TPSA) is 24.5 Å². The van der Waals surface area contributed by atoms with Crippen molar-refractivity contribution >= 4 is 0 Å². The molecule has 0 aromatic rings. The Bertz CT molecular complexity index is 269. The van der Waals surface area contributed by atoms with E-state index >= 15 is 0 Å². The van der Waals surface area contributed by atoms with E-state index in [2.05, 4.69) is 44.8 Å². The summed E-state index contributed by atoms with van der Waals surface area (Å²) >= 11 is 0. The van der Waals surface area contributed by atoms with Gasteiger partial charge in [-0.3, -0.25) is 4.90 Å². The van der Waals surface area contributed by atoms with E-state index in [1.165, 1.54) is 13.0 Å². The SMILES string of the molecule is CCN(C1CCNC1)C1CC(C)(C)OC1(C)C. The number of hydrogen-bond donors (Lipinski definition) is 1. The Morgan fingerprint density at radius 3 is 2.41 bits per heavy atom. The van der Waals surface area contributed by atoms with Crippen molar-refractivity contribution in [3.8, 4) is 0 Å². The number of ether oxygens (including phenoxy) is 1. The van der Waals surface area contributed by atoms with E-state index in [0.29, 0.717) is 12.1 Å². The first-order valence-electron chi connectivity index (χ1n) is 7.02. The van der Waals surface area contributed by atoms with Crippen molar-refractivity contribution in [2.75, 3.05) is 19.6 Å². The van der Waals surface area contributed by atoms with E-state index in [1.54, 1.807) is 0 Å². The molecular formula is C14H28N2O. The number of nitrogens with one attached hydrogen (secondary N) is 1. The molecule has 100 valence electrons. The van der Waals surface area contributed by atoms with Crippen molar-refractivity contribution in [3.63, 3.8) is 0 Å². The molecule has 3 nitrogen and oxygen atoms in total. The van der Waals surface area contributed by atoms with Crippen LogP contribution in [0, 0.1) is 0 Å². The molecule has 2 aliphatic heterocycles. The summed E-state index contributed by atoms with van der Waals surface area (Å²) < 4.78 is 6.23. The Kier molecular flexibility index (Phi) is 3.54. The van der Waals surface area contributed by atoms with E-state index in [4.69, 9.17) is 4.74 Å². The molecule has 1 N–H and O–H groups in total. The molecule has 2 unspecified atom stereocenters. The minimum atomic E-state index is -0.0257. The lowest BCUT2D eigenvalue weighted by molar-refractivity contribution is -0.0831. The maximum absolute atomic E-state index is 6.23. The Labute approximate surface area is 106 Å². The Morgan fingerprint density at radius 2 is 2.00 bits per heavy atom. The van der Waals surface area contributed by atoms with Gasteiger partial charge in [-0.05, 0) is 53.6 Å². The minimum absolute atomic E-state index is 0.0214. The van der Waals surface area contributed by atoms with Gasteiger partial charge in [-0.1, -0.05) is 6.92 Å². The first-order chi connectivity index (χ1) is 7.86. The highest BCUT2D eigenvalue weighted by molar-refractivity contribution is 5.02. The lowest BCUT2D eigenvalue weighted by Gasteiger charge is -2.39. The van der Waals surface area contributed by atoms with Crippen molar-refractivity contribution in [1.29, 1.82) is 0 Å². The summed E-state index contributed by atoms with van der Waals surface area (Å²) in [5.41, 5.74) is -0.00425. The van der Waals surface area contributed by atoms with Gasteiger partial charge < -0.3 is 10.1 Å². The molecule has 2 heterocycles. The fraction of sp³-hybridized carbons (Fsp3) is 1.00. The van der Waals surface area contributed by atoms with E-state index in [1.807, 2.05) is 0 Å². The first kappa shape index (κ1) is 13.3. The lowest BCUT2D eigenvalue weighted by Crippen LogP contribution is -2.51. The molecule has 2 saturated heterocycles. The van der Waals surface area contributed by atoms with Gasteiger partial charge in [-0.25, -0.2) is 0 Å². The maximum atomic E-state index is 6.23. The molecule has 0 radical (unpaired) electrons. The average Bonchev–Trinajstić information content (AvgIpc) is 2.74. The predicted octanol–water partition coefficient (Wildman–Crippen LogP) is 2.02. The van der Waals surface area contributed by atoms with Crippen LogP contribution < -0.4 is 5.32 Å². The Balaban J connectivity index is 2.13. The number of nitrogens with zero attached hydrogens (tertiary/aromatic N) is 1. The highest BCUT2D eigenvalue weighted by Gasteiger charge is 2.49. The van der Waals surface area contributed by atoms with Crippen molar-refractivity contribution in [3.05, 3.63) is 0 Å². The average molecular weight is 240 g/mol. The van der Waals surface area contributed by atoms with Crippen LogP contribution in [-0.2, 0) is 4.74 Å². The molecule has 0 amide bonds.